The Morgan fingerprint density at radius 1 is 0.297 bits per heavy atom. The minimum atomic E-state index is -0.336. The van der Waals surface area contributed by atoms with Gasteiger partial charge in [0.2, 0.25) is 0 Å². The third-order valence-corrected chi connectivity index (χ3v) is 19.9. The van der Waals surface area contributed by atoms with Gasteiger partial charge in [0.15, 0.2) is 30.6 Å². The van der Waals surface area contributed by atoms with Crippen LogP contribution in [0.5, 0.6) is 0 Å². The largest absolute Gasteiger partial charge is 0.309 e. The van der Waals surface area contributed by atoms with Gasteiger partial charge in [-0.15, -0.1) is 0 Å². The van der Waals surface area contributed by atoms with Crippen molar-refractivity contribution in [2.45, 2.75) is 52.0 Å². The lowest BCUT2D eigenvalue weighted by Gasteiger charge is -2.22. The van der Waals surface area contributed by atoms with Crippen molar-refractivity contribution in [3.05, 3.63) is 322 Å². The van der Waals surface area contributed by atoms with Crippen LogP contribution in [0.1, 0.15) is 45.7 Å². The second kappa shape index (κ2) is 24.3. The average molecular weight is 1300 g/mol. The van der Waals surface area contributed by atoms with Crippen LogP contribution in [0.2, 0.25) is 0 Å². The second-order valence-corrected chi connectivity index (χ2v) is 28.0. The fourth-order valence-corrected chi connectivity index (χ4v) is 14.8. The predicted molar refractivity (Wildman–Crippen MR) is 410 cm³/mol. The molecule has 0 amide bonds. The van der Waals surface area contributed by atoms with E-state index in [9.17, 15) is 0 Å². The number of fused-ring (bicyclic) bond motifs is 9. The van der Waals surface area contributed by atoms with Crippen LogP contribution in [0, 0.1) is 0 Å². The van der Waals surface area contributed by atoms with Crippen molar-refractivity contribution in [3.63, 3.8) is 0 Å². The highest BCUT2D eigenvalue weighted by Gasteiger charge is 2.30. The van der Waals surface area contributed by atoms with Gasteiger partial charge in [0.05, 0.1) is 68.9 Å². The number of pyridine rings is 4. The van der Waals surface area contributed by atoms with Crippen LogP contribution in [0.4, 0.5) is 0 Å². The molecule has 0 spiro atoms. The minimum Gasteiger partial charge on any atom is -0.309 e. The third kappa shape index (κ3) is 11.0. The third-order valence-electron chi connectivity index (χ3n) is 19.9. The van der Waals surface area contributed by atoms with E-state index >= 15 is 0 Å². The van der Waals surface area contributed by atoms with Gasteiger partial charge >= 0.3 is 0 Å². The van der Waals surface area contributed by atoms with Crippen LogP contribution < -0.4 is 4.57 Å². The molecule has 0 aliphatic heterocycles. The number of hydrogen-bond donors (Lipinski definition) is 0. The summed E-state index contributed by atoms with van der Waals surface area (Å²) in [5.74, 6) is 1.28. The lowest BCUT2D eigenvalue weighted by molar-refractivity contribution is -0.703. The van der Waals surface area contributed by atoms with E-state index in [0.717, 1.165) is 139 Å². The smallest absolute Gasteiger partial charge is 0.193 e. The van der Waals surface area contributed by atoms with E-state index in [1.165, 1.54) is 21.9 Å². The maximum Gasteiger partial charge on any atom is 0.193 e. The fraction of sp³-hybridized carbons (Fsp3) is 0.0889. The average Bonchev–Trinajstić information content (AvgIpc) is 1.58. The van der Waals surface area contributed by atoms with Crippen LogP contribution in [0.3, 0.4) is 0 Å². The molecule has 0 N–H and O–H groups in total. The van der Waals surface area contributed by atoms with E-state index in [2.05, 4.69) is 312 Å². The molecule has 0 fully saturated rings. The summed E-state index contributed by atoms with van der Waals surface area (Å²) in [6.45, 7) is 12.3. The Labute approximate surface area is 584 Å². The molecule has 11 heteroatoms. The van der Waals surface area contributed by atoms with Gasteiger partial charge in [-0.2, -0.15) is 0 Å². The monoisotopic (exact) mass is 1300 g/mol. The summed E-state index contributed by atoms with van der Waals surface area (Å²) < 4.78 is 9.42. The maximum absolute atomic E-state index is 5.41. The summed E-state index contributed by atoms with van der Waals surface area (Å²) in [6.07, 6.45) is 16.0. The molecule has 0 saturated heterocycles. The van der Waals surface area contributed by atoms with E-state index in [0.29, 0.717) is 18.2 Å². The van der Waals surface area contributed by atoms with Gasteiger partial charge in [-0.1, -0.05) is 185 Å². The molecule has 0 atom stereocenters. The molecule has 9 aromatic carbocycles. The van der Waals surface area contributed by atoms with E-state index in [4.69, 9.17) is 24.9 Å². The van der Waals surface area contributed by atoms with Crippen molar-refractivity contribution in [2.75, 3.05) is 0 Å². The first-order chi connectivity index (χ1) is 49.4. The zero-order valence-corrected chi connectivity index (χ0v) is 56.6. The molecule has 0 unspecified atom stereocenters. The number of rotatable bonds is 13. The quantitative estimate of drug-likeness (QED) is 0.106. The van der Waals surface area contributed by atoms with Gasteiger partial charge in [0, 0.05) is 113 Å². The van der Waals surface area contributed by atoms with Crippen LogP contribution in [-0.4, -0.2) is 48.6 Å². The van der Waals surface area contributed by atoms with Gasteiger partial charge in [0.25, 0.3) is 0 Å². The molecule has 0 radical (unpaired) electrons. The molecule has 0 bridgehead atoms. The molecule has 101 heavy (non-hydrogen) atoms. The molecule has 482 valence electrons. The zero-order valence-electron chi connectivity index (χ0n) is 56.6. The van der Waals surface area contributed by atoms with Gasteiger partial charge in [0.1, 0.15) is 5.52 Å². The fourth-order valence-electron chi connectivity index (χ4n) is 14.8. The van der Waals surface area contributed by atoms with Crippen molar-refractivity contribution < 1.29 is 4.57 Å². The van der Waals surface area contributed by atoms with Crippen molar-refractivity contribution >= 4 is 65.4 Å². The highest BCUT2D eigenvalue weighted by atomic mass is 15.1. The highest BCUT2D eigenvalue weighted by Crippen LogP contribution is 2.42. The van der Waals surface area contributed by atoms with Crippen LogP contribution in [0.25, 0.3) is 161 Å². The summed E-state index contributed by atoms with van der Waals surface area (Å²) in [5, 5.41) is 6.83. The first kappa shape index (κ1) is 60.5. The lowest BCUT2D eigenvalue weighted by atomic mass is 9.83. The Balaban J connectivity index is 0.733. The predicted octanol–water partition coefficient (Wildman–Crippen LogP) is 21.0. The molecular formula is C90H68N11+. The molecular weight excluding hydrogens is 1240 g/mol. The topological polar surface area (TPSA) is 109 Å². The summed E-state index contributed by atoms with van der Waals surface area (Å²) >= 11 is 0. The highest BCUT2D eigenvalue weighted by molar-refractivity contribution is 6.11. The van der Waals surface area contributed by atoms with E-state index in [1.807, 2.05) is 61.4 Å². The van der Waals surface area contributed by atoms with Crippen molar-refractivity contribution in [2.24, 2.45) is 0 Å². The summed E-state index contributed by atoms with van der Waals surface area (Å²) in [4.78, 5) is 35.3. The van der Waals surface area contributed by atoms with Crippen molar-refractivity contribution in [1.82, 2.24) is 48.6 Å². The van der Waals surface area contributed by atoms with Gasteiger partial charge in [-0.3, -0.25) is 15.0 Å². The van der Waals surface area contributed by atoms with Gasteiger partial charge in [-0.25, -0.2) is 24.5 Å². The van der Waals surface area contributed by atoms with Crippen molar-refractivity contribution in [3.8, 4) is 96.0 Å². The Morgan fingerprint density at radius 3 is 1.20 bits per heavy atom. The molecule has 18 rings (SSSR count). The van der Waals surface area contributed by atoms with E-state index in [1.54, 1.807) is 0 Å². The van der Waals surface area contributed by atoms with Crippen LogP contribution in [0.15, 0.2) is 310 Å². The van der Waals surface area contributed by atoms with Gasteiger partial charge < -0.3 is 13.7 Å². The zero-order chi connectivity index (χ0) is 67.9. The number of hydrogen-bond acceptors (Lipinski definition) is 7. The Hall–Kier alpha value is -12.9. The van der Waals surface area contributed by atoms with Crippen LogP contribution in [-0.2, 0) is 17.4 Å². The van der Waals surface area contributed by atoms with Crippen molar-refractivity contribution in [1.29, 1.82) is 0 Å². The first-order valence-corrected chi connectivity index (χ1v) is 34.3. The molecule has 9 heterocycles. The molecule has 11 nitrogen and oxygen atoms in total. The Kier molecular flexibility index (Phi) is 14.6. The summed E-state index contributed by atoms with van der Waals surface area (Å²) in [7, 11) is 0. The number of benzene rings is 9. The van der Waals surface area contributed by atoms with Crippen LogP contribution >= 0.6 is 0 Å². The standard InChI is InChI=1S/C90H68N11/c1-89(2,3)66-31-35-81-75(48-66)76-49-67(32-36-82(76)99(81)68-33-29-58(30-34-68)63-27-18-28-64(45-63)87-94-77(59-19-10-6-11-20-59)51-78(95-87)60-21-12-7-13-22-60)90(4,5)57-98-44-40-74-73-39-43-93-55-85(73)101(86(74)56-98)70-47-65(46-69(50-70)100-83-53-91-41-37-71(83)72-38-42-92-54-84(72)100)88-96-79(61-23-14-8-15-24-61)52-80(97-88)62-25-16-9-17-26-62/h6-56H,57H2,1-5H3/q+1. The molecule has 0 saturated carbocycles. The Bertz CT molecular complexity index is 6060. The Morgan fingerprint density at radius 2 is 0.713 bits per heavy atom. The molecule has 18 aromatic rings. The number of nitrogens with zero attached hydrogens (tertiary/aromatic N) is 11. The molecule has 9 aromatic heterocycles. The summed E-state index contributed by atoms with van der Waals surface area (Å²) in [5.41, 5.74) is 22.9. The lowest BCUT2D eigenvalue weighted by Crippen LogP contribution is -2.42. The molecule has 0 aliphatic carbocycles. The normalized spacial score (nSPS) is 12.0. The van der Waals surface area contributed by atoms with Gasteiger partial charge in [-0.05, 0) is 133 Å². The van der Waals surface area contributed by atoms with E-state index in [-0.39, 0.29) is 10.8 Å². The summed E-state index contributed by atoms with van der Waals surface area (Å²) in [6, 6.07) is 92.6. The molecule has 0 aliphatic rings. The van der Waals surface area contributed by atoms with E-state index < -0.39 is 0 Å². The first-order valence-electron chi connectivity index (χ1n) is 34.3. The SMILES string of the molecule is CC(C)(C)c1ccc2c(c1)c1cc(C(C)(C)C[n+]3ccc4c5ccncc5n(-c5cc(-c6nc(-c7ccccc7)cc(-c7ccccc7)n6)cc(-n6c7cnccc7c7ccncc76)c5)c4c3)ccc1n2-c1ccc(-c2cccc(-c3nc(-c4ccccc4)cc(-c4ccccc4)n3)c2)cc1. The second-order valence-electron chi connectivity index (χ2n) is 28.0. The number of aromatic nitrogens is 11. The maximum atomic E-state index is 5.41. The minimum absolute atomic E-state index is 0.0590.